The van der Waals surface area contributed by atoms with E-state index in [9.17, 15) is 9.59 Å². The highest BCUT2D eigenvalue weighted by Gasteiger charge is 2.22. The topological polar surface area (TPSA) is 85.8 Å². The first-order chi connectivity index (χ1) is 11.2. The number of aliphatic imine (C=N–C) groups is 1. The number of nitrogens with zero attached hydrogens (tertiary/aromatic N) is 2. The predicted octanol–water partition coefficient (Wildman–Crippen LogP) is 1.48. The average Bonchev–Trinajstić information content (AvgIpc) is 2.49. The van der Waals surface area contributed by atoms with Crippen LogP contribution in [0.1, 0.15) is 53.4 Å². The number of amides is 2. The molecule has 146 valence electrons. The van der Waals surface area contributed by atoms with Gasteiger partial charge in [0.05, 0.1) is 6.54 Å². The van der Waals surface area contributed by atoms with Gasteiger partial charge in [0, 0.05) is 38.1 Å². The maximum atomic E-state index is 12.3. The van der Waals surface area contributed by atoms with Crippen molar-refractivity contribution in [2.45, 2.75) is 65.0 Å². The summed E-state index contributed by atoms with van der Waals surface area (Å²) in [5.74, 6) is 0.609. The van der Waals surface area contributed by atoms with E-state index >= 15 is 0 Å². The van der Waals surface area contributed by atoms with E-state index in [1.807, 2.05) is 25.7 Å². The van der Waals surface area contributed by atoms with Gasteiger partial charge < -0.3 is 20.9 Å². The lowest BCUT2D eigenvalue weighted by Crippen LogP contribution is -2.48. The Balaban J connectivity index is 0.00000576. The molecule has 3 N–H and O–H groups in total. The second-order valence-corrected chi connectivity index (χ2v) is 7.33. The number of halogens is 1. The minimum atomic E-state index is -0.257. The van der Waals surface area contributed by atoms with E-state index in [1.165, 1.54) is 6.42 Å². The van der Waals surface area contributed by atoms with Crippen LogP contribution in [-0.4, -0.2) is 60.9 Å². The largest absolute Gasteiger partial charge is 0.356 e. The number of piperidine rings is 1. The van der Waals surface area contributed by atoms with Gasteiger partial charge in [0.1, 0.15) is 0 Å². The van der Waals surface area contributed by atoms with Crippen LogP contribution in [0, 0.1) is 0 Å². The van der Waals surface area contributed by atoms with Crippen LogP contribution in [0.3, 0.4) is 0 Å². The molecule has 0 aliphatic carbocycles. The third-order valence-corrected chi connectivity index (χ3v) is 3.91. The molecule has 1 atom stereocenters. The van der Waals surface area contributed by atoms with Crippen LogP contribution in [0.25, 0.3) is 0 Å². The number of hydrogen-bond acceptors (Lipinski definition) is 3. The van der Waals surface area contributed by atoms with Crippen molar-refractivity contribution in [1.82, 2.24) is 20.9 Å². The number of nitrogens with one attached hydrogen (secondary N) is 3. The van der Waals surface area contributed by atoms with Crippen molar-refractivity contribution in [3.63, 3.8) is 0 Å². The maximum absolute atomic E-state index is 12.3. The molecule has 1 aliphatic rings. The maximum Gasteiger partial charge on any atom is 0.239 e. The molecule has 8 heteroatoms. The number of carbonyl (C=O) groups excluding carboxylic acids is 2. The molecule has 1 heterocycles. The van der Waals surface area contributed by atoms with E-state index in [2.05, 4.69) is 27.9 Å². The predicted molar refractivity (Wildman–Crippen MR) is 112 cm³/mol. The number of rotatable bonds is 5. The first kappa shape index (κ1) is 23.9. The van der Waals surface area contributed by atoms with Gasteiger partial charge in [-0.3, -0.25) is 14.6 Å². The molecule has 1 saturated heterocycles. The second kappa shape index (κ2) is 11.5. The molecular formula is C17H34IN5O2. The minimum Gasteiger partial charge on any atom is -0.356 e. The molecule has 1 aliphatic heterocycles. The highest BCUT2D eigenvalue weighted by molar-refractivity contribution is 14.0. The number of guanidine groups is 1. The van der Waals surface area contributed by atoms with Crippen LogP contribution in [0.2, 0.25) is 0 Å². The lowest BCUT2D eigenvalue weighted by Gasteiger charge is -2.33. The number of likely N-dealkylation sites (tertiary alicyclic amines) is 1. The summed E-state index contributed by atoms with van der Waals surface area (Å²) < 4.78 is 0. The molecule has 0 spiro atoms. The molecule has 0 radical (unpaired) electrons. The van der Waals surface area contributed by atoms with Crippen LogP contribution in [0.5, 0.6) is 0 Å². The van der Waals surface area contributed by atoms with Crippen LogP contribution in [0.4, 0.5) is 0 Å². The first-order valence-corrected chi connectivity index (χ1v) is 8.78. The van der Waals surface area contributed by atoms with E-state index < -0.39 is 0 Å². The third-order valence-electron chi connectivity index (χ3n) is 3.91. The quantitative estimate of drug-likeness (QED) is 0.325. The van der Waals surface area contributed by atoms with Crippen molar-refractivity contribution in [3.8, 4) is 0 Å². The summed E-state index contributed by atoms with van der Waals surface area (Å²) in [4.78, 5) is 30.1. The zero-order chi connectivity index (χ0) is 18.2. The average molecular weight is 467 g/mol. The Hall–Kier alpha value is -1.06. The highest BCUT2D eigenvalue weighted by Crippen LogP contribution is 2.16. The SMILES string of the molecule is CN=C(NCCC(=O)N1CCCCC1C)NCC(=O)NC(C)(C)C.I. The Morgan fingerprint density at radius 2 is 1.88 bits per heavy atom. The molecule has 1 unspecified atom stereocenters. The Morgan fingerprint density at radius 3 is 2.44 bits per heavy atom. The fraction of sp³-hybridized carbons (Fsp3) is 0.824. The zero-order valence-electron chi connectivity index (χ0n) is 16.1. The monoisotopic (exact) mass is 467 g/mol. The Morgan fingerprint density at radius 1 is 1.20 bits per heavy atom. The van der Waals surface area contributed by atoms with E-state index in [4.69, 9.17) is 0 Å². The van der Waals surface area contributed by atoms with Gasteiger partial charge in [-0.1, -0.05) is 0 Å². The van der Waals surface area contributed by atoms with Crippen molar-refractivity contribution in [1.29, 1.82) is 0 Å². The van der Waals surface area contributed by atoms with Crippen molar-refractivity contribution in [3.05, 3.63) is 0 Å². The van der Waals surface area contributed by atoms with E-state index in [1.54, 1.807) is 7.05 Å². The molecule has 25 heavy (non-hydrogen) atoms. The van der Waals surface area contributed by atoms with Gasteiger partial charge in [-0.2, -0.15) is 0 Å². The standard InChI is InChI=1S/C17H33N5O2.HI/c1-13-8-6-7-11-22(13)15(24)9-10-19-16(18-5)20-12-14(23)21-17(2,3)4;/h13H,6-12H2,1-5H3,(H,21,23)(H2,18,19,20);1H. The van der Waals surface area contributed by atoms with Gasteiger partial charge in [-0.05, 0) is 47.0 Å². The Bertz CT molecular complexity index is 462. The van der Waals surface area contributed by atoms with Gasteiger partial charge in [0.15, 0.2) is 5.96 Å². The molecule has 1 rings (SSSR count). The van der Waals surface area contributed by atoms with E-state index in [0.717, 1.165) is 19.4 Å². The first-order valence-electron chi connectivity index (χ1n) is 8.78. The van der Waals surface area contributed by atoms with Gasteiger partial charge >= 0.3 is 0 Å². The molecule has 0 aromatic rings. The summed E-state index contributed by atoms with van der Waals surface area (Å²) in [5.41, 5.74) is -0.257. The molecule has 0 aromatic carbocycles. The van der Waals surface area contributed by atoms with Gasteiger partial charge in [-0.25, -0.2) is 0 Å². The van der Waals surface area contributed by atoms with Crippen molar-refractivity contribution in [2.75, 3.05) is 26.7 Å². The van der Waals surface area contributed by atoms with E-state index in [-0.39, 0.29) is 47.9 Å². The summed E-state index contributed by atoms with van der Waals surface area (Å²) in [6, 6.07) is 0.338. The summed E-state index contributed by atoms with van der Waals surface area (Å²) in [6.07, 6.45) is 3.82. The van der Waals surface area contributed by atoms with Crippen molar-refractivity contribution >= 4 is 41.8 Å². The molecule has 0 bridgehead atoms. The second-order valence-electron chi connectivity index (χ2n) is 7.33. The molecule has 0 aromatic heterocycles. The van der Waals surface area contributed by atoms with Gasteiger partial charge in [0.25, 0.3) is 0 Å². The normalized spacial score (nSPS) is 18.2. The van der Waals surface area contributed by atoms with E-state index in [0.29, 0.717) is 25.0 Å². The Kier molecular flexibility index (Phi) is 11.0. The fourth-order valence-electron chi connectivity index (χ4n) is 2.75. The summed E-state index contributed by atoms with van der Waals surface area (Å²) >= 11 is 0. The Labute approximate surface area is 168 Å². The molecule has 2 amide bonds. The van der Waals surface area contributed by atoms with Crippen LogP contribution in [0.15, 0.2) is 4.99 Å². The minimum absolute atomic E-state index is 0. The molecule has 1 fully saturated rings. The van der Waals surface area contributed by atoms with Crippen LogP contribution >= 0.6 is 24.0 Å². The third kappa shape index (κ3) is 9.86. The van der Waals surface area contributed by atoms with Gasteiger partial charge in [0.2, 0.25) is 11.8 Å². The van der Waals surface area contributed by atoms with Crippen molar-refractivity contribution < 1.29 is 9.59 Å². The molecular weight excluding hydrogens is 433 g/mol. The smallest absolute Gasteiger partial charge is 0.239 e. The van der Waals surface area contributed by atoms with Gasteiger partial charge in [-0.15, -0.1) is 24.0 Å². The van der Waals surface area contributed by atoms with Crippen molar-refractivity contribution in [2.24, 2.45) is 4.99 Å². The zero-order valence-corrected chi connectivity index (χ0v) is 18.5. The van der Waals surface area contributed by atoms with Crippen LogP contribution in [-0.2, 0) is 9.59 Å². The fourth-order valence-corrected chi connectivity index (χ4v) is 2.75. The number of carbonyl (C=O) groups is 2. The molecule has 0 saturated carbocycles. The summed E-state index contributed by atoms with van der Waals surface area (Å²) in [6.45, 7) is 9.43. The lowest BCUT2D eigenvalue weighted by molar-refractivity contribution is -0.134. The summed E-state index contributed by atoms with van der Waals surface area (Å²) in [7, 11) is 1.64. The highest BCUT2D eigenvalue weighted by atomic mass is 127. The number of hydrogen-bond donors (Lipinski definition) is 3. The summed E-state index contributed by atoms with van der Waals surface area (Å²) in [5, 5.41) is 8.92. The molecule has 7 nitrogen and oxygen atoms in total. The van der Waals surface area contributed by atoms with Crippen LogP contribution < -0.4 is 16.0 Å². The lowest BCUT2D eigenvalue weighted by atomic mass is 10.0.